The van der Waals surface area contributed by atoms with E-state index in [-0.39, 0.29) is 31.5 Å². The van der Waals surface area contributed by atoms with Crippen molar-refractivity contribution in [2.75, 3.05) is 40.9 Å². The lowest BCUT2D eigenvalue weighted by atomic mass is 10.0. The molecule has 0 saturated carbocycles. The highest BCUT2D eigenvalue weighted by molar-refractivity contribution is 7.47. The summed E-state index contributed by atoms with van der Waals surface area (Å²) in [6, 6.07) is -0.855. The molecule has 9 nitrogen and oxygen atoms in total. The van der Waals surface area contributed by atoms with E-state index in [9.17, 15) is 19.0 Å². The van der Waals surface area contributed by atoms with E-state index in [1.54, 1.807) is 0 Å². The standard InChI is InChI=1S/C57H107N2O7P/c1-7-10-13-16-19-22-25-28-29-32-35-38-41-44-47-50-57(61)66-55(48-45-42-39-36-33-30-26-23-20-17-14-11-8-2)54(53-65-67(62,63)64-52-51-59(4,5)6)58-56(60)49-46-43-40-37-34-31-27-24-21-18-15-12-9-3/h12,15,18,21,24,27,45,48,54-55H,7-11,13-14,16-17,19-20,22-23,25-26,28-44,46-47,49-53H2,1-6H3,(H-,58,60,62,63)/p+1/b15-12+,21-18+,27-24-,48-45+. The Hall–Kier alpha value is -2.03. The zero-order chi connectivity index (χ0) is 49.4. The Morgan fingerprint density at radius 1 is 0.537 bits per heavy atom. The van der Waals surface area contributed by atoms with Crippen molar-refractivity contribution >= 4 is 19.7 Å². The van der Waals surface area contributed by atoms with Crippen LogP contribution in [0.2, 0.25) is 0 Å². The zero-order valence-corrected chi connectivity index (χ0v) is 45.5. The Labute approximate surface area is 414 Å². The number of carbonyl (C=O) groups excluding carboxylic acids is 2. The highest BCUT2D eigenvalue weighted by Gasteiger charge is 2.30. The van der Waals surface area contributed by atoms with Crippen molar-refractivity contribution in [2.24, 2.45) is 0 Å². The number of carbonyl (C=O) groups is 2. The number of likely N-dealkylation sites (N-methyl/N-ethyl adjacent to an activating group) is 1. The summed E-state index contributed by atoms with van der Waals surface area (Å²) in [7, 11) is 1.48. The van der Waals surface area contributed by atoms with Crippen molar-refractivity contribution in [2.45, 2.75) is 264 Å². The van der Waals surface area contributed by atoms with Crippen molar-refractivity contribution in [3.8, 4) is 0 Å². The van der Waals surface area contributed by atoms with Gasteiger partial charge in [0.2, 0.25) is 5.91 Å². The van der Waals surface area contributed by atoms with Gasteiger partial charge in [-0.25, -0.2) is 4.57 Å². The largest absolute Gasteiger partial charge is 0.472 e. The molecule has 0 aliphatic carbocycles. The molecule has 0 aromatic heterocycles. The van der Waals surface area contributed by atoms with Gasteiger partial charge in [-0.05, 0) is 51.0 Å². The number of phosphoric ester groups is 1. The van der Waals surface area contributed by atoms with Crippen molar-refractivity contribution in [1.82, 2.24) is 5.32 Å². The normalized spacial score (nSPS) is 14.2. The van der Waals surface area contributed by atoms with Gasteiger partial charge in [0.1, 0.15) is 19.3 Å². The number of phosphoric acid groups is 1. The van der Waals surface area contributed by atoms with Crippen LogP contribution < -0.4 is 5.32 Å². The van der Waals surface area contributed by atoms with Crippen LogP contribution in [0.15, 0.2) is 48.6 Å². The number of quaternary nitrogens is 1. The summed E-state index contributed by atoms with van der Waals surface area (Å²) in [5, 5.41) is 3.03. The second kappa shape index (κ2) is 47.6. The molecule has 0 fully saturated rings. The number of ether oxygens (including phenoxy) is 1. The lowest BCUT2D eigenvalue weighted by Gasteiger charge is -2.27. The SMILES string of the molecule is CC/C=C/C=C/C=C\CCCCCCCC(=O)NC(COP(=O)(O)OCC[N+](C)(C)C)C(/C=C/CCCCCCCCCCCCC)OC(=O)CCCCCCCCCCCCCCCCC. The van der Waals surface area contributed by atoms with Crippen molar-refractivity contribution < 1.29 is 37.3 Å². The summed E-state index contributed by atoms with van der Waals surface area (Å²) in [5.74, 6) is -0.523. The minimum Gasteiger partial charge on any atom is -0.456 e. The van der Waals surface area contributed by atoms with Gasteiger partial charge < -0.3 is 19.4 Å². The predicted molar refractivity (Wildman–Crippen MR) is 286 cm³/mol. The fourth-order valence-corrected chi connectivity index (χ4v) is 8.73. The van der Waals surface area contributed by atoms with Gasteiger partial charge in [0.15, 0.2) is 0 Å². The number of nitrogens with zero attached hydrogens (tertiary/aromatic N) is 1. The molecule has 0 radical (unpaired) electrons. The number of hydrogen-bond acceptors (Lipinski definition) is 6. The molecule has 1 amide bonds. The van der Waals surface area contributed by atoms with Crippen LogP contribution in [0.25, 0.3) is 0 Å². The molecule has 0 aromatic carbocycles. The van der Waals surface area contributed by atoms with Gasteiger partial charge in [-0.2, -0.15) is 0 Å². The third-order valence-corrected chi connectivity index (χ3v) is 13.3. The number of allylic oxidation sites excluding steroid dienone is 7. The van der Waals surface area contributed by atoms with Gasteiger partial charge in [-0.3, -0.25) is 18.6 Å². The van der Waals surface area contributed by atoms with Crippen LogP contribution in [0.4, 0.5) is 0 Å². The number of esters is 1. The molecule has 0 saturated heterocycles. The lowest BCUT2D eigenvalue weighted by molar-refractivity contribution is -0.870. The Bertz CT molecular complexity index is 1290. The summed E-state index contributed by atoms with van der Waals surface area (Å²) in [6.07, 6.45) is 56.7. The lowest BCUT2D eigenvalue weighted by Crippen LogP contribution is -2.47. The van der Waals surface area contributed by atoms with E-state index in [0.29, 0.717) is 17.4 Å². The quantitative estimate of drug-likeness (QED) is 0.0156. The molecular formula is C57H108N2O7P+. The van der Waals surface area contributed by atoms with Gasteiger partial charge in [0, 0.05) is 12.8 Å². The highest BCUT2D eigenvalue weighted by Crippen LogP contribution is 2.43. The van der Waals surface area contributed by atoms with Crippen LogP contribution in [0.1, 0.15) is 252 Å². The van der Waals surface area contributed by atoms with Crippen molar-refractivity contribution in [3.63, 3.8) is 0 Å². The molecule has 0 aliphatic rings. The van der Waals surface area contributed by atoms with Crippen LogP contribution in [-0.2, 0) is 27.9 Å². The monoisotopic (exact) mass is 964 g/mol. The number of rotatable bonds is 50. The summed E-state index contributed by atoms with van der Waals surface area (Å²) < 4.78 is 30.6. The first-order valence-electron chi connectivity index (χ1n) is 28.0. The molecule has 0 aliphatic heterocycles. The first kappa shape index (κ1) is 65.0. The number of amides is 1. The molecule has 3 unspecified atom stereocenters. The van der Waals surface area contributed by atoms with E-state index in [0.717, 1.165) is 83.5 Å². The fourth-order valence-electron chi connectivity index (χ4n) is 8.00. The second-order valence-electron chi connectivity index (χ2n) is 20.1. The van der Waals surface area contributed by atoms with E-state index in [1.165, 1.54) is 135 Å². The topological polar surface area (TPSA) is 111 Å². The number of nitrogens with one attached hydrogen (secondary N) is 1. The average molecular weight is 964 g/mol. The van der Waals surface area contributed by atoms with Crippen LogP contribution in [0.3, 0.4) is 0 Å². The maximum atomic E-state index is 13.5. The maximum absolute atomic E-state index is 13.5. The Balaban J connectivity index is 5.40. The van der Waals surface area contributed by atoms with E-state index in [2.05, 4.69) is 62.5 Å². The van der Waals surface area contributed by atoms with E-state index < -0.39 is 20.0 Å². The molecule has 392 valence electrons. The molecule has 2 N–H and O–H groups in total. The Kier molecular flexibility index (Phi) is 46.2. The van der Waals surface area contributed by atoms with Crippen LogP contribution in [0.5, 0.6) is 0 Å². The molecule has 0 bridgehead atoms. The Morgan fingerprint density at radius 3 is 1.42 bits per heavy atom. The molecular weight excluding hydrogens is 856 g/mol. The summed E-state index contributed by atoms with van der Waals surface area (Å²) >= 11 is 0. The fraction of sp³-hybridized carbons (Fsp3) is 0.825. The molecule has 0 rings (SSSR count). The summed E-state index contributed by atoms with van der Waals surface area (Å²) in [4.78, 5) is 37.5. The molecule has 0 aromatic rings. The second-order valence-corrected chi connectivity index (χ2v) is 21.6. The minimum atomic E-state index is -4.44. The third-order valence-electron chi connectivity index (χ3n) is 12.3. The molecule has 10 heteroatoms. The minimum absolute atomic E-state index is 0.0365. The molecule has 3 atom stereocenters. The number of hydrogen-bond donors (Lipinski definition) is 2. The average Bonchev–Trinajstić information content (AvgIpc) is 3.28. The van der Waals surface area contributed by atoms with E-state index in [4.69, 9.17) is 13.8 Å². The maximum Gasteiger partial charge on any atom is 0.472 e. The highest BCUT2D eigenvalue weighted by atomic mass is 31.2. The molecule has 0 heterocycles. The van der Waals surface area contributed by atoms with Crippen LogP contribution >= 0.6 is 7.82 Å². The van der Waals surface area contributed by atoms with Gasteiger partial charge in [0.05, 0.1) is 33.8 Å². The predicted octanol–water partition coefficient (Wildman–Crippen LogP) is 16.6. The van der Waals surface area contributed by atoms with Gasteiger partial charge in [0.25, 0.3) is 0 Å². The summed E-state index contributed by atoms with van der Waals surface area (Å²) in [6.45, 7) is 6.87. The number of unbranched alkanes of at least 4 members (excludes halogenated alkanes) is 30. The zero-order valence-electron chi connectivity index (χ0n) is 44.6. The van der Waals surface area contributed by atoms with Gasteiger partial charge >= 0.3 is 13.8 Å². The van der Waals surface area contributed by atoms with Crippen LogP contribution in [-0.4, -0.2) is 74.3 Å². The first-order chi connectivity index (χ1) is 32.4. The third kappa shape index (κ3) is 48.8. The van der Waals surface area contributed by atoms with E-state index in [1.807, 2.05) is 33.3 Å². The molecule has 0 spiro atoms. The van der Waals surface area contributed by atoms with Crippen molar-refractivity contribution in [1.29, 1.82) is 0 Å². The first-order valence-corrected chi connectivity index (χ1v) is 29.5. The Morgan fingerprint density at radius 2 is 0.955 bits per heavy atom. The van der Waals surface area contributed by atoms with Gasteiger partial charge in [-0.1, -0.05) is 237 Å². The smallest absolute Gasteiger partial charge is 0.456 e. The molecule has 67 heavy (non-hydrogen) atoms. The van der Waals surface area contributed by atoms with Crippen molar-refractivity contribution in [3.05, 3.63) is 48.6 Å². The van der Waals surface area contributed by atoms with Crippen LogP contribution in [0, 0.1) is 0 Å². The van der Waals surface area contributed by atoms with Gasteiger partial charge in [-0.15, -0.1) is 0 Å². The summed E-state index contributed by atoms with van der Waals surface area (Å²) in [5.41, 5.74) is 0. The van der Waals surface area contributed by atoms with E-state index >= 15 is 0 Å².